The Morgan fingerprint density at radius 3 is 2.71 bits per heavy atom. The Labute approximate surface area is 163 Å². The monoisotopic (exact) mass is 384 g/mol. The zero-order chi connectivity index (χ0) is 19.8. The van der Waals surface area contributed by atoms with Crippen molar-refractivity contribution in [1.29, 1.82) is 0 Å². The number of halogens is 1. The molecule has 2 amide bonds. The minimum Gasteiger partial charge on any atom is -0.351 e. The van der Waals surface area contributed by atoms with Crippen molar-refractivity contribution in [3.63, 3.8) is 0 Å². The molecule has 1 aliphatic heterocycles. The lowest BCUT2D eigenvalue weighted by atomic mass is 9.99. The number of rotatable bonds is 5. The van der Waals surface area contributed by atoms with Crippen molar-refractivity contribution in [2.75, 3.05) is 13.1 Å². The van der Waals surface area contributed by atoms with Crippen molar-refractivity contribution in [2.24, 2.45) is 13.0 Å². The number of benzene rings is 1. The van der Waals surface area contributed by atoms with E-state index < -0.39 is 0 Å². The van der Waals surface area contributed by atoms with E-state index in [2.05, 4.69) is 10.4 Å². The van der Waals surface area contributed by atoms with Gasteiger partial charge in [-0.05, 0) is 37.5 Å². The number of hydrogen-bond acceptors (Lipinski definition) is 3. The summed E-state index contributed by atoms with van der Waals surface area (Å²) in [4.78, 5) is 26.9. The molecule has 4 rings (SSSR count). The number of aryl methyl sites for hydroxylation is 2. The maximum absolute atomic E-state index is 14.1. The molecule has 28 heavy (non-hydrogen) atoms. The van der Waals surface area contributed by atoms with Gasteiger partial charge in [0.2, 0.25) is 11.8 Å². The summed E-state index contributed by atoms with van der Waals surface area (Å²) in [6.07, 6.45) is 3.62. The second-order valence-corrected chi connectivity index (χ2v) is 7.95. The van der Waals surface area contributed by atoms with Crippen LogP contribution in [-0.2, 0) is 23.1 Å². The molecule has 2 aliphatic rings. The van der Waals surface area contributed by atoms with Crippen LogP contribution >= 0.6 is 0 Å². The van der Waals surface area contributed by atoms with Gasteiger partial charge in [0.05, 0.1) is 12.5 Å². The van der Waals surface area contributed by atoms with Gasteiger partial charge in [0.25, 0.3) is 0 Å². The SMILES string of the molecule is Cc1ccc(F)c(CC(=O)N2C[C@@H](NC(=O)C3CC3)[C@H](c3ccnn3C)C2)c1. The van der Waals surface area contributed by atoms with E-state index in [9.17, 15) is 14.0 Å². The molecule has 0 spiro atoms. The number of likely N-dealkylation sites (tertiary alicyclic amines) is 1. The van der Waals surface area contributed by atoms with Gasteiger partial charge in [0, 0.05) is 43.9 Å². The molecule has 1 N–H and O–H groups in total. The molecule has 2 heterocycles. The molecular weight excluding hydrogens is 359 g/mol. The van der Waals surface area contributed by atoms with Crippen LogP contribution in [-0.4, -0.2) is 45.6 Å². The molecule has 2 atom stereocenters. The molecule has 2 aromatic rings. The van der Waals surface area contributed by atoms with Gasteiger partial charge in [-0.1, -0.05) is 17.7 Å². The van der Waals surface area contributed by atoms with Crippen molar-refractivity contribution < 1.29 is 14.0 Å². The van der Waals surface area contributed by atoms with Crippen LogP contribution in [0, 0.1) is 18.7 Å². The number of nitrogens with one attached hydrogen (secondary N) is 1. The summed E-state index contributed by atoms with van der Waals surface area (Å²) in [5.74, 6) is -0.337. The highest BCUT2D eigenvalue weighted by molar-refractivity contribution is 5.82. The zero-order valence-electron chi connectivity index (χ0n) is 16.2. The first-order valence-electron chi connectivity index (χ1n) is 9.73. The molecule has 6 nitrogen and oxygen atoms in total. The van der Waals surface area contributed by atoms with Crippen molar-refractivity contribution in [2.45, 2.75) is 38.1 Å². The predicted molar refractivity (Wildman–Crippen MR) is 102 cm³/mol. The normalized spacial score (nSPS) is 21.8. The molecule has 0 unspecified atom stereocenters. The third-order valence-corrected chi connectivity index (χ3v) is 5.73. The Kier molecular flexibility index (Phi) is 4.91. The molecule has 0 radical (unpaired) electrons. The van der Waals surface area contributed by atoms with Crippen molar-refractivity contribution >= 4 is 11.8 Å². The Hall–Kier alpha value is -2.70. The molecular formula is C21H25FN4O2. The van der Waals surface area contributed by atoms with Gasteiger partial charge in [-0.25, -0.2) is 4.39 Å². The highest BCUT2D eigenvalue weighted by Gasteiger charge is 2.40. The van der Waals surface area contributed by atoms with Gasteiger partial charge < -0.3 is 10.2 Å². The third kappa shape index (κ3) is 3.79. The molecule has 7 heteroatoms. The maximum Gasteiger partial charge on any atom is 0.227 e. The Morgan fingerprint density at radius 2 is 2.04 bits per heavy atom. The Bertz CT molecular complexity index is 906. The van der Waals surface area contributed by atoms with Crippen LogP contribution in [0.15, 0.2) is 30.5 Å². The summed E-state index contributed by atoms with van der Waals surface area (Å²) >= 11 is 0. The third-order valence-electron chi connectivity index (χ3n) is 5.73. The molecule has 2 fully saturated rings. The lowest BCUT2D eigenvalue weighted by molar-refractivity contribution is -0.130. The van der Waals surface area contributed by atoms with Crippen LogP contribution in [0.25, 0.3) is 0 Å². The minimum atomic E-state index is -0.361. The number of nitrogens with zero attached hydrogens (tertiary/aromatic N) is 3. The van der Waals surface area contributed by atoms with Gasteiger partial charge >= 0.3 is 0 Å². The molecule has 0 bridgehead atoms. The first kappa shape index (κ1) is 18.7. The fourth-order valence-electron chi connectivity index (χ4n) is 3.96. The van der Waals surface area contributed by atoms with Crippen LogP contribution in [0.1, 0.15) is 35.6 Å². The zero-order valence-corrected chi connectivity index (χ0v) is 16.2. The fourth-order valence-corrected chi connectivity index (χ4v) is 3.96. The molecule has 148 valence electrons. The number of amides is 2. The summed E-state index contributed by atoms with van der Waals surface area (Å²) in [7, 11) is 1.86. The lowest BCUT2D eigenvalue weighted by Crippen LogP contribution is -2.41. The summed E-state index contributed by atoms with van der Waals surface area (Å²) < 4.78 is 15.9. The van der Waals surface area contributed by atoms with E-state index in [0.29, 0.717) is 18.7 Å². The number of hydrogen-bond donors (Lipinski definition) is 1. The molecule has 1 aliphatic carbocycles. The van der Waals surface area contributed by atoms with Crippen LogP contribution in [0.3, 0.4) is 0 Å². The highest BCUT2D eigenvalue weighted by atomic mass is 19.1. The first-order chi connectivity index (χ1) is 13.4. The van der Waals surface area contributed by atoms with Gasteiger partial charge in [-0.2, -0.15) is 5.10 Å². The summed E-state index contributed by atoms with van der Waals surface area (Å²) in [6.45, 7) is 2.80. The molecule has 1 aromatic carbocycles. The largest absolute Gasteiger partial charge is 0.351 e. The van der Waals surface area contributed by atoms with Gasteiger partial charge in [-0.3, -0.25) is 14.3 Å². The van der Waals surface area contributed by atoms with Crippen molar-refractivity contribution in [3.8, 4) is 0 Å². The van der Waals surface area contributed by atoms with Crippen molar-refractivity contribution in [1.82, 2.24) is 20.0 Å². The predicted octanol–water partition coefficient (Wildman–Crippen LogP) is 1.93. The number of aromatic nitrogens is 2. The average molecular weight is 384 g/mol. The van der Waals surface area contributed by atoms with E-state index in [1.807, 2.05) is 20.0 Å². The van der Waals surface area contributed by atoms with Crippen LogP contribution < -0.4 is 5.32 Å². The minimum absolute atomic E-state index is 0.0227. The fraction of sp³-hybridized carbons (Fsp3) is 0.476. The second kappa shape index (κ2) is 7.37. The molecule has 1 saturated heterocycles. The maximum atomic E-state index is 14.1. The van der Waals surface area contributed by atoms with Crippen LogP contribution in [0.5, 0.6) is 0 Å². The quantitative estimate of drug-likeness (QED) is 0.857. The average Bonchev–Trinajstić information content (AvgIpc) is 3.31. The smallest absolute Gasteiger partial charge is 0.227 e. The van der Waals surface area contributed by atoms with E-state index in [1.54, 1.807) is 27.9 Å². The van der Waals surface area contributed by atoms with E-state index >= 15 is 0 Å². The van der Waals surface area contributed by atoms with E-state index in [0.717, 1.165) is 24.1 Å². The van der Waals surface area contributed by atoms with Gasteiger partial charge in [0.1, 0.15) is 5.82 Å². The van der Waals surface area contributed by atoms with E-state index in [1.165, 1.54) is 6.07 Å². The van der Waals surface area contributed by atoms with Crippen LogP contribution in [0.4, 0.5) is 4.39 Å². The van der Waals surface area contributed by atoms with E-state index in [4.69, 9.17) is 0 Å². The Balaban J connectivity index is 1.51. The summed E-state index contributed by atoms with van der Waals surface area (Å²) in [5.41, 5.74) is 2.32. The van der Waals surface area contributed by atoms with E-state index in [-0.39, 0.29) is 41.9 Å². The second-order valence-electron chi connectivity index (χ2n) is 7.95. The van der Waals surface area contributed by atoms with Gasteiger partial charge in [0.15, 0.2) is 0 Å². The topological polar surface area (TPSA) is 67.2 Å². The summed E-state index contributed by atoms with van der Waals surface area (Å²) in [6, 6.07) is 6.58. The molecule has 1 saturated carbocycles. The first-order valence-corrected chi connectivity index (χ1v) is 9.73. The molecule has 1 aromatic heterocycles. The number of carbonyl (C=O) groups is 2. The standard InChI is InChI=1S/C21H25FN4O2/c1-13-3-6-17(22)15(9-13)10-20(27)26-11-16(19-7-8-23-25(19)2)18(12-26)24-21(28)14-4-5-14/h3,6-9,14,16,18H,4-5,10-12H2,1-2H3,(H,24,28)/t16-,18-/m1/s1. The summed E-state index contributed by atoms with van der Waals surface area (Å²) in [5, 5.41) is 7.36. The Morgan fingerprint density at radius 1 is 1.25 bits per heavy atom. The highest BCUT2D eigenvalue weighted by Crippen LogP contribution is 2.32. The van der Waals surface area contributed by atoms with Crippen LogP contribution in [0.2, 0.25) is 0 Å². The van der Waals surface area contributed by atoms with Gasteiger partial charge in [-0.15, -0.1) is 0 Å². The van der Waals surface area contributed by atoms with Crippen molar-refractivity contribution in [3.05, 3.63) is 53.1 Å². The lowest BCUT2D eigenvalue weighted by Gasteiger charge is -2.19. The number of carbonyl (C=O) groups excluding carboxylic acids is 2.